The van der Waals surface area contributed by atoms with Crippen molar-refractivity contribution in [2.45, 2.75) is 38.9 Å². The fraction of sp³-hybridized carbons (Fsp3) is 0.300. The third kappa shape index (κ3) is 3.81. The fourth-order valence-corrected chi connectivity index (χ4v) is 3.44. The minimum atomic E-state index is -0.203. The Morgan fingerprint density at radius 1 is 1.15 bits per heavy atom. The van der Waals surface area contributed by atoms with Crippen LogP contribution in [0.4, 0.5) is 0 Å². The number of benzene rings is 1. The maximum absolute atomic E-state index is 12.4. The van der Waals surface area contributed by atoms with Crippen LogP contribution in [0, 0.1) is 0 Å². The highest BCUT2D eigenvalue weighted by Crippen LogP contribution is 2.15. The number of fused-ring (bicyclic) bond motifs is 1. The number of carbonyl (C=O) groups excluding carboxylic acids is 1. The van der Waals surface area contributed by atoms with E-state index < -0.39 is 0 Å². The van der Waals surface area contributed by atoms with Crippen LogP contribution < -0.4 is 10.9 Å². The first kappa shape index (κ1) is 17.2. The molecule has 3 aromatic rings. The quantitative estimate of drug-likeness (QED) is 0.716. The molecule has 7 heteroatoms. The smallest absolute Gasteiger partial charge is 0.257 e. The molecule has 1 aliphatic carbocycles. The van der Waals surface area contributed by atoms with E-state index in [4.69, 9.17) is 0 Å². The van der Waals surface area contributed by atoms with Crippen molar-refractivity contribution >= 4 is 5.91 Å². The minimum Gasteiger partial charge on any atom is -0.350 e. The van der Waals surface area contributed by atoms with Crippen molar-refractivity contribution in [1.29, 1.82) is 0 Å². The molecule has 0 bridgehead atoms. The average Bonchev–Trinajstić information content (AvgIpc) is 3.35. The second-order valence-electron chi connectivity index (χ2n) is 6.71. The first-order valence-electron chi connectivity index (χ1n) is 9.09. The predicted octanol–water partition coefficient (Wildman–Crippen LogP) is 1.29. The number of rotatable bonds is 6. The van der Waals surface area contributed by atoms with E-state index in [1.54, 1.807) is 6.20 Å². The first-order chi connectivity index (χ1) is 13.2. The molecule has 0 spiro atoms. The number of amides is 1. The Morgan fingerprint density at radius 3 is 2.81 bits per heavy atom. The number of nitrogens with one attached hydrogen (secondary N) is 1. The molecule has 0 atom stereocenters. The van der Waals surface area contributed by atoms with Gasteiger partial charge in [0, 0.05) is 24.5 Å². The van der Waals surface area contributed by atoms with Crippen molar-refractivity contribution in [3.63, 3.8) is 0 Å². The van der Waals surface area contributed by atoms with Crippen LogP contribution in [-0.2, 0) is 37.3 Å². The van der Waals surface area contributed by atoms with Crippen molar-refractivity contribution in [2.75, 3.05) is 0 Å². The van der Waals surface area contributed by atoms with Gasteiger partial charge in [0.25, 0.3) is 5.56 Å². The van der Waals surface area contributed by atoms with Gasteiger partial charge in [0.15, 0.2) is 0 Å². The van der Waals surface area contributed by atoms with Crippen molar-refractivity contribution in [1.82, 2.24) is 24.6 Å². The van der Waals surface area contributed by atoms with Gasteiger partial charge in [0.05, 0.1) is 18.6 Å². The molecule has 0 unspecified atom stereocenters. The fourth-order valence-electron chi connectivity index (χ4n) is 3.44. The Hall–Kier alpha value is -3.22. The van der Waals surface area contributed by atoms with Crippen LogP contribution in [-0.4, -0.2) is 25.2 Å². The Balaban J connectivity index is 1.41. The summed E-state index contributed by atoms with van der Waals surface area (Å²) in [7, 11) is 0. The minimum absolute atomic E-state index is 0.0135. The summed E-state index contributed by atoms with van der Waals surface area (Å²) in [6.07, 6.45) is 7.70. The largest absolute Gasteiger partial charge is 0.350 e. The highest BCUT2D eigenvalue weighted by atomic mass is 16.2. The molecule has 1 aliphatic rings. The summed E-state index contributed by atoms with van der Waals surface area (Å²) >= 11 is 0. The van der Waals surface area contributed by atoms with Gasteiger partial charge < -0.3 is 5.32 Å². The zero-order valence-electron chi connectivity index (χ0n) is 15.0. The van der Waals surface area contributed by atoms with Gasteiger partial charge in [-0.2, -0.15) is 5.10 Å². The van der Waals surface area contributed by atoms with E-state index in [-0.39, 0.29) is 18.0 Å². The van der Waals surface area contributed by atoms with Gasteiger partial charge in [-0.1, -0.05) is 24.3 Å². The summed E-state index contributed by atoms with van der Waals surface area (Å²) in [6.45, 7) is 1.04. The lowest BCUT2D eigenvalue weighted by atomic mass is 10.1. The van der Waals surface area contributed by atoms with Crippen LogP contribution in [0.2, 0.25) is 0 Å². The summed E-state index contributed by atoms with van der Waals surface area (Å²) in [6, 6.07) is 9.82. The first-order valence-corrected chi connectivity index (χ1v) is 9.09. The SMILES string of the molecule is O=C(Cn1cnc2c(c1=O)CCC2)NCc1ccccc1Cn1cccn1. The van der Waals surface area contributed by atoms with E-state index in [2.05, 4.69) is 15.4 Å². The Morgan fingerprint density at radius 2 is 2.00 bits per heavy atom. The van der Waals surface area contributed by atoms with E-state index in [0.29, 0.717) is 13.1 Å². The number of carbonyl (C=O) groups is 1. The van der Waals surface area contributed by atoms with Crippen LogP contribution in [0.1, 0.15) is 28.8 Å². The number of aryl methyl sites for hydroxylation is 1. The lowest BCUT2D eigenvalue weighted by molar-refractivity contribution is -0.121. The Bertz CT molecular complexity index is 1010. The molecule has 0 radical (unpaired) electrons. The van der Waals surface area contributed by atoms with Gasteiger partial charge in [0.2, 0.25) is 5.91 Å². The third-order valence-electron chi connectivity index (χ3n) is 4.86. The molecule has 0 saturated heterocycles. The Kier molecular flexibility index (Phi) is 4.82. The van der Waals surface area contributed by atoms with Gasteiger partial charge in [-0.15, -0.1) is 0 Å². The van der Waals surface area contributed by atoms with E-state index in [9.17, 15) is 9.59 Å². The lowest BCUT2D eigenvalue weighted by Gasteiger charge is -2.12. The maximum atomic E-state index is 12.4. The van der Waals surface area contributed by atoms with E-state index in [1.807, 2.05) is 41.2 Å². The molecule has 27 heavy (non-hydrogen) atoms. The number of hydrogen-bond donors (Lipinski definition) is 1. The molecule has 2 aromatic heterocycles. The Labute approximate surface area is 156 Å². The molecule has 2 heterocycles. The zero-order valence-corrected chi connectivity index (χ0v) is 15.0. The van der Waals surface area contributed by atoms with E-state index in [1.165, 1.54) is 10.9 Å². The molecule has 1 aromatic carbocycles. The number of nitrogens with zero attached hydrogens (tertiary/aromatic N) is 4. The van der Waals surface area contributed by atoms with Gasteiger partial charge >= 0.3 is 0 Å². The topological polar surface area (TPSA) is 81.8 Å². The highest BCUT2D eigenvalue weighted by molar-refractivity contribution is 5.75. The van der Waals surface area contributed by atoms with Gasteiger partial charge in [0.1, 0.15) is 6.54 Å². The second-order valence-corrected chi connectivity index (χ2v) is 6.71. The van der Waals surface area contributed by atoms with Crippen molar-refractivity contribution in [2.24, 2.45) is 0 Å². The molecular formula is C20H21N5O2. The summed E-state index contributed by atoms with van der Waals surface area (Å²) in [5.41, 5.74) is 3.67. The number of aromatic nitrogens is 4. The standard InChI is InChI=1S/C20H21N5O2/c26-19(13-24-14-22-18-8-3-7-17(18)20(24)27)21-11-15-5-1-2-6-16(15)12-25-10-4-9-23-25/h1-2,4-6,9-10,14H,3,7-8,11-13H2,(H,21,26). The van der Waals surface area contributed by atoms with Crippen molar-refractivity contribution in [3.8, 4) is 0 Å². The molecule has 1 N–H and O–H groups in total. The zero-order chi connectivity index (χ0) is 18.6. The third-order valence-corrected chi connectivity index (χ3v) is 4.86. The molecule has 1 amide bonds. The molecule has 7 nitrogen and oxygen atoms in total. The van der Waals surface area contributed by atoms with Crippen LogP contribution in [0.15, 0.2) is 53.8 Å². The monoisotopic (exact) mass is 363 g/mol. The van der Waals surface area contributed by atoms with Crippen LogP contribution >= 0.6 is 0 Å². The predicted molar refractivity (Wildman–Crippen MR) is 100 cm³/mol. The maximum Gasteiger partial charge on any atom is 0.257 e. The van der Waals surface area contributed by atoms with Gasteiger partial charge in [-0.3, -0.25) is 18.8 Å². The lowest BCUT2D eigenvalue weighted by Crippen LogP contribution is -2.33. The van der Waals surface area contributed by atoms with Crippen molar-refractivity contribution < 1.29 is 4.79 Å². The normalized spacial score (nSPS) is 12.7. The summed E-state index contributed by atoms with van der Waals surface area (Å²) in [5.74, 6) is -0.203. The molecule has 0 aliphatic heterocycles. The molecule has 4 rings (SSSR count). The molecule has 0 saturated carbocycles. The second kappa shape index (κ2) is 7.57. The van der Waals surface area contributed by atoms with E-state index in [0.717, 1.165) is 41.6 Å². The number of hydrogen-bond acceptors (Lipinski definition) is 4. The van der Waals surface area contributed by atoms with Crippen LogP contribution in [0.5, 0.6) is 0 Å². The van der Waals surface area contributed by atoms with Gasteiger partial charge in [-0.05, 0) is 36.5 Å². The molecule has 0 fully saturated rings. The van der Waals surface area contributed by atoms with E-state index >= 15 is 0 Å². The highest BCUT2D eigenvalue weighted by Gasteiger charge is 2.18. The average molecular weight is 363 g/mol. The van der Waals surface area contributed by atoms with Crippen LogP contribution in [0.3, 0.4) is 0 Å². The van der Waals surface area contributed by atoms with Crippen molar-refractivity contribution in [3.05, 3.63) is 81.8 Å². The summed E-state index contributed by atoms with van der Waals surface area (Å²) in [4.78, 5) is 29.1. The molecular weight excluding hydrogens is 342 g/mol. The van der Waals surface area contributed by atoms with Gasteiger partial charge in [-0.25, -0.2) is 4.98 Å². The molecule has 138 valence electrons. The summed E-state index contributed by atoms with van der Waals surface area (Å²) in [5, 5.41) is 7.13. The summed E-state index contributed by atoms with van der Waals surface area (Å²) < 4.78 is 3.24. The van der Waals surface area contributed by atoms with Crippen LogP contribution in [0.25, 0.3) is 0 Å².